The Morgan fingerprint density at radius 2 is 0.880 bits per heavy atom. The molecule has 0 aliphatic rings. The topological polar surface area (TPSA) is 20.2 Å². The summed E-state index contributed by atoms with van der Waals surface area (Å²) in [6.07, 6.45) is 13.3. The highest BCUT2D eigenvalue weighted by molar-refractivity contribution is 5.62. The molecular formula is C24H36O. The molecule has 0 radical (unpaired) electrons. The highest BCUT2D eigenvalue weighted by Crippen LogP contribution is 2.17. The van der Waals surface area contributed by atoms with Crippen molar-refractivity contribution >= 4 is 0 Å². The van der Waals surface area contributed by atoms with Crippen molar-refractivity contribution in [2.24, 2.45) is 0 Å². The molecule has 1 heteroatoms. The SMILES string of the molecule is CCCCCCCCCCCCO.c1ccc(-c2ccccc2)cc1. The van der Waals surface area contributed by atoms with Crippen molar-refractivity contribution in [3.8, 4) is 11.1 Å². The van der Waals surface area contributed by atoms with Gasteiger partial charge in [-0.2, -0.15) is 0 Å². The molecule has 0 amide bonds. The molecular weight excluding hydrogens is 304 g/mol. The van der Waals surface area contributed by atoms with Crippen molar-refractivity contribution in [2.75, 3.05) is 6.61 Å². The molecule has 0 spiro atoms. The minimum atomic E-state index is 0.372. The third kappa shape index (κ3) is 11.6. The zero-order chi connectivity index (χ0) is 18.0. The molecule has 0 saturated heterocycles. The quantitative estimate of drug-likeness (QED) is 0.427. The van der Waals surface area contributed by atoms with E-state index in [1.54, 1.807) is 0 Å². The van der Waals surface area contributed by atoms with E-state index < -0.39 is 0 Å². The Hall–Kier alpha value is -1.60. The van der Waals surface area contributed by atoms with E-state index in [0.717, 1.165) is 6.42 Å². The second kappa shape index (κ2) is 15.9. The number of hydrogen-bond donors (Lipinski definition) is 1. The Morgan fingerprint density at radius 3 is 1.24 bits per heavy atom. The van der Waals surface area contributed by atoms with Gasteiger partial charge in [0, 0.05) is 6.61 Å². The van der Waals surface area contributed by atoms with Gasteiger partial charge in [-0.15, -0.1) is 0 Å². The lowest BCUT2D eigenvalue weighted by Gasteiger charge is -2.00. The molecule has 0 saturated carbocycles. The minimum absolute atomic E-state index is 0.372. The van der Waals surface area contributed by atoms with E-state index in [9.17, 15) is 0 Å². The van der Waals surface area contributed by atoms with Gasteiger partial charge in [0.15, 0.2) is 0 Å². The molecule has 25 heavy (non-hydrogen) atoms. The average molecular weight is 341 g/mol. The summed E-state index contributed by atoms with van der Waals surface area (Å²) in [7, 11) is 0. The van der Waals surface area contributed by atoms with Gasteiger partial charge in [-0.3, -0.25) is 0 Å². The second-order valence-corrected chi connectivity index (χ2v) is 6.64. The van der Waals surface area contributed by atoms with E-state index in [4.69, 9.17) is 5.11 Å². The van der Waals surface area contributed by atoms with E-state index in [1.807, 2.05) is 12.1 Å². The van der Waals surface area contributed by atoms with Crippen LogP contribution in [0.1, 0.15) is 71.1 Å². The Kier molecular flexibility index (Phi) is 13.6. The van der Waals surface area contributed by atoms with Gasteiger partial charge in [0.1, 0.15) is 0 Å². The lowest BCUT2D eigenvalue weighted by molar-refractivity contribution is 0.282. The summed E-state index contributed by atoms with van der Waals surface area (Å²) >= 11 is 0. The maximum absolute atomic E-state index is 8.57. The highest BCUT2D eigenvalue weighted by Gasteiger charge is 1.92. The van der Waals surface area contributed by atoms with Crippen molar-refractivity contribution < 1.29 is 5.11 Å². The van der Waals surface area contributed by atoms with Crippen LogP contribution < -0.4 is 0 Å². The first-order valence-corrected chi connectivity index (χ1v) is 10.1. The van der Waals surface area contributed by atoms with Crippen LogP contribution in [0, 0.1) is 0 Å². The molecule has 138 valence electrons. The van der Waals surface area contributed by atoms with E-state index in [0.29, 0.717) is 6.61 Å². The van der Waals surface area contributed by atoms with Crippen molar-refractivity contribution in [3.05, 3.63) is 60.7 Å². The molecule has 0 bridgehead atoms. The predicted octanol–water partition coefficient (Wildman–Crippen LogP) is 7.25. The van der Waals surface area contributed by atoms with Crippen LogP contribution in [0.15, 0.2) is 60.7 Å². The summed E-state index contributed by atoms with van der Waals surface area (Å²) in [4.78, 5) is 0. The Bertz CT molecular complexity index is 445. The van der Waals surface area contributed by atoms with Crippen molar-refractivity contribution in [1.82, 2.24) is 0 Å². The van der Waals surface area contributed by atoms with E-state index in [1.165, 1.54) is 68.9 Å². The van der Waals surface area contributed by atoms with E-state index in [2.05, 4.69) is 55.5 Å². The standard InChI is InChI=1S/C12H26O.C12H10/c1-2-3-4-5-6-7-8-9-10-11-12-13;1-3-7-11(8-4-1)12-9-5-2-6-10-12/h13H,2-12H2,1H3;1-10H. The summed E-state index contributed by atoms with van der Waals surface area (Å²) in [5, 5.41) is 8.57. The number of hydrogen-bond acceptors (Lipinski definition) is 1. The molecule has 2 aromatic carbocycles. The van der Waals surface area contributed by atoms with Gasteiger partial charge in [0.05, 0.1) is 0 Å². The van der Waals surface area contributed by atoms with Crippen LogP contribution in [-0.2, 0) is 0 Å². The summed E-state index contributed by atoms with van der Waals surface area (Å²) in [5.41, 5.74) is 2.55. The third-order valence-electron chi connectivity index (χ3n) is 4.39. The maximum Gasteiger partial charge on any atom is 0.0431 e. The highest BCUT2D eigenvalue weighted by atomic mass is 16.2. The second-order valence-electron chi connectivity index (χ2n) is 6.64. The van der Waals surface area contributed by atoms with Crippen LogP contribution in [0.2, 0.25) is 0 Å². The fraction of sp³-hybridized carbons (Fsp3) is 0.500. The Labute approximate surface area is 155 Å². The number of unbranched alkanes of at least 4 members (excludes halogenated alkanes) is 9. The Balaban J connectivity index is 0.000000250. The average Bonchev–Trinajstić information content (AvgIpc) is 2.69. The number of rotatable bonds is 11. The van der Waals surface area contributed by atoms with Crippen LogP contribution in [0.5, 0.6) is 0 Å². The van der Waals surface area contributed by atoms with Gasteiger partial charge in [-0.1, -0.05) is 125 Å². The van der Waals surface area contributed by atoms with Crippen molar-refractivity contribution in [1.29, 1.82) is 0 Å². The molecule has 1 nitrogen and oxygen atoms in total. The molecule has 0 heterocycles. The van der Waals surface area contributed by atoms with E-state index >= 15 is 0 Å². The summed E-state index contributed by atoms with van der Waals surface area (Å²) in [6.45, 7) is 2.63. The largest absolute Gasteiger partial charge is 0.396 e. The van der Waals surface area contributed by atoms with Crippen LogP contribution in [-0.4, -0.2) is 11.7 Å². The lowest BCUT2D eigenvalue weighted by Crippen LogP contribution is -1.84. The zero-order valence-corrected chi connectivity index (χ0v) is 16.0. The number of benzene rings is 2. The molecule has 2 rings (SSSR count). The smallest absolute Gasteiger partial charge is 0.0431 e. The van der Waals surface area contributed by atoms with Gasteiger partial charge in [-0.05, 0) is 17.5 Å². The van der Waals surface area contributed by atoms with Gasteiger partial charge in [0.25, 0.3) is 0 Å². The molecule has 0 aromatic heterocycles. The van der Waals surface area contributed by atoms with Gasteiger partial charge >= 0.3 is 0 Å². The number of aliphatic hydroxyl groups excluding tert-OH is 1. The molecule has 0 fully saturated rings. The normalized spacial score (nSPS) is 10.2. The van der Waals surface area contributed by atoms with E-state index in [-0.39, 0.29) is 0 Å². The molecule has 0 atom stereocenters. The summed E-state index contributed by atoms with van der Waals surface area (Å²) in [5.74, 6) is 0. The molecule has 2 aromatic rings. The first-order chi connectivity index (χ1) is 12.4. The van der Waals surface area contributed by atoms with Crippen molar-refractivity contribution in [2.45, 2.75) is 71.1 Å². The number of aliphatic hydroxyl groups is 1. The molecule has 0 aliphatic heterocycles. The summed E-state index contributed by atoms with van der Waals surface area (Å²) in [6, 6.07) is 20.8. The fourth-order valence-electron chi connectivity index (χ4n) is 2.86. The minimum Gasteiger partial charge on any atom is -0.396 e. The first-order valence-electron chi connectivity index (χ1n) is 10.1. The predicted molar refractivity (Wildman–Crippen MR) is 111 cm³/mol. The lowest BCUT2D eigenvalue weighted by atomic mass is 10.1. The monoisotopic (exact) mass is 340 g/mol. The fourth-order valence-corrected chi connectivity index (χ4v) is 2.86. The van der Waals surface area contributed by atoms with Crippen LogP contribution in [0.4, 0.5) is 0 Å². The molecule has 0 aliphatic carbocycles. The zero-order valence-electron chi connectivity index (χ0n) is 16.0. The molecule has 1 N–H and O–H groups in total. The van der Waals surface area contributed by atoms with Gasteiger partial charge in [-0.25, -0.2) is 0 Å². The van der Waals surface area contributed by atoms with Gasteiger partial charge in [0.2, 0.25) is 0 Å². The van der Waals surface area contributed by atoms with Gasteiger partial charge < -0.3 is 5.11 Å². The van der Waals surface area contributed by atoms with Crippen LogP contribution in [0.3, 0.4) is 0 Å². The summed E-state index contributed by atoms with van der Waals surface area (Å²) < 4.78 is 0. The third-order valence-corrected chi connectivity index (χ3v) is 4.39. The Morgan fingerprint density at radius 1 is 0.520 bits per heavy atom. The first kappa shape index (κ1) is 21.4. The van der Waals surface area contributed by atoms with Crippen molar-refractivity contribution in [3.63, 3.8) is 0 Å². The maximum atomic E-state index is 8.57. The van der Waals surface area contributed by atoms with Crippen LogP contribution in [0.25, 0.3) is 11.1 Å². The van der Waals surface area contributed by atoms with Crippen LogP contribution >= 0.6 is 0 Å². The molecule has 0 unspecified atom stereocenters.